The number of hydrogen-bond acceptors (Lipinski definition) is 3. The Bertz CT molecular complexity index is 625. The lowest BCUT2D eigenvalue weighted by molar-refractivity contribution is -0.131. The van der Waals surface area contributed by atoms with Gasteiger partial charge in [-0.25, -0.2) is 0 Å². The number of nitrogens with zero attached hydrogens (tertiary/aromatic N) is 2. The van der Waals surface area contributed by atoms with Crippen LogP contribution in [0.2, 0.25) is 0 Å². The summed E-state index contributed by atoms with van der Waals surface area (Å²) in [6, 6.07) is 5.24. The summed E-state index contributed by atoms with van der Waals surface area (Å²) in [7, 11) is 0. The van der Waals surface area contributed by atoms with Crippen LogP contribution in [0.15, 0.2) is 18.2 Å². The van der Waals surface area contributed by atoms with Crippen molar-refractivity contribution >= 4 is 17.7 Å². The van der Waals surface area contributed by atoms with E-state index in [1.54, 1.807) is 17.0 Å². The van der Waals surface area contributed by atoms with Gasteiger partial charge in [0.2, 0.25) is 5.91 Å². The standard InChI is InChI=1S/C18H24N2O3/c1-4-6-10-19(5-2)16(21)9-11-20-17(22)14-8-7-13(3)12-15(14)18(20)23/h7-8,12H,4-6,9-11H2,1-3H3. The van der Waals surface area contributed by atoms with Gasteiger partial charge in [-0.2, -0.15) is 0 Å². The highest BCUT2D eigenvalue weighted by Gasteiger charge is 2.35. The Labute approximate surface area is 137 Å². The van der Waals surface area contributed by atoms with Crippen LogP contribution < -0.4 is 0 Å². The van der Waals surface area contributed by atoms with E-state index >= 15 is 0 Å². The lowest BCUT2D eigenvalue weighted by Crippen LogP contribution is -2.37. The second-order valence-electron chi connectivity index (χ2n) is 5.89. The molecule has 0 atom stereocenters. The van der Waals surface area contributed by atoms with Crippen molar-refractivity contribution in [2.45, 2.75) is 40.0 Å². The second kappa shape index (κ2) is 7.40. The van der Waals surface area contributed by atoms with Gasteiger partial charge in [-0.1, -0.05) is 25.0 Å². The number of aryl methyl sites for hydroxylation is 1. The molecular weight excluding hydrogens is 292 g/mol. The molecule has 3 amide bonds. The maximum Gasteiger partial charge on any atom is 0.261 e. The number of rotatable bonds is 7. The molecule has 1 aliphatic heterocycles. The molecule has 2 rings (SSSR count). The van der Waals surface area contributed by atoms with Crippen molar-refractivity contribution in [3.05, 3.63) is 34.9 Å². The summed E-state index contributed by atoms with van der Waals surface area (Å²) in [4.78, 5) is 39.9. The number of benzene rings is 1. The molecule has 0 N–H and O–H groups in total. The monoisotopic (exact) mass is 316 g/mol. The van der Waals surface area contributed by atoms with E-state index in [0.717, 1.165) is 24.9 Å². The van der Waals surface area contributed by atoms with E-state index in [4.69, 9.17) is 0 Å². The Kier molecular flexibility index (Phi) is 5.53. The van der Waals surface area contributed by atoms with Gasteiger partial charge in [0.15, 0.2) is 0 Å². The topological polar surface area (TPSA) is 57.7 Å². The van der Waals surface area contributed by atoms with E-state index in [9.17, 15) is 14.4 Å². The first kappa shape index (κ1) is 17.2. The first-order chi connectivity index (χ1) is 11.0. The maximum absolute atomic E-state index is 12.4. The van der Waals surface area contributed by atoms with Crippen molar-refractivity contribution < 1.29 is 14.4 Å². The zero-order valence-corrected chi connectivity index (χ0v) is 14.1. The third kappa shape index (κ3) is 3.60. The van der Waals surface area contributed by atoms with Gasteiger partial charge in [0.1, 0.15) is 0 Å². The highest BCUT2D eigenvalue weighted by molar-refractivity contribution is 6.21. The summed E-state index contributed by atoms with van der Waals surface area (Å²) in [5, 5.41) is 0. The predicted octanol–water partition coefficient (Wildman–Crippen LogP) is 2.63. The van der Waals surface area contributed by atoms with E-state index in [2.05, 4.69) is 6.92 Å². The van der Waals surface area contributed by atoms with Gasteiger partial charge in [-0.3, -0.25) is 19.3 Å². The normalized spacial score (nSPS) is 13.4. The Morgan fingerprint density at radius 2 is 1.83 bits per heavy atom. The Hall–Kier alpha value is -2.17. The van der Waals surface area contributed by atoms with Gasteiger partial charge in [0.25, 0.3) is 11.8 Å². The number of carbonyl (C=O) groups excluding carboxylic acids is 3. The molecule has 0 fully saturated rings. The molecule has 0 bridgehead atoms. The van der Waals surface area contributed by atoms with Gasteiger partial charge in [-0.15, -0.1) is 0 Å². The van der Waals surface area contributed by atoms with Gasteiger partial charge in [0.05, 0.1) is 11.1 Å². The number of fused-ring (bicyclic) bond motifs is 1. The van der Waals surface area contributed by atoms with Crippen molar-refractivity contribution in [2.24, 2.45) is 0 Å². The van der Waals surface area contributed by atoms with Crippen LogP contribution >= 0.6 is 0 Å². The summed E-state index contributed by atoms with van der Waals surface area (Å²) in [6.07, 6.45) is 2.18. The first-order valence-corrected chi connectivity index (χ1v) is 8.24. The highest BCUT2D eigenvalue weighted by atomic mass is 16.2. The summed E-state index contributed by atoms with van der Waals surface area (Å²) in [5.41, 5.74) is 1.83. The van der Waals surface area contributed by atoms with Gasteiger partial charge in [0, 0.05) is 26.1 Å². The largest absolute Gasteiger partial charge is 0.343 e. The molecule has 0 aliphatic carbocycles. The average molecular weight is 316 g/mol. The molecule has 23 heavy (non-hydrogen) atoms. The van der Waals surface area contributed by atoms with E-state index in [1.165, 1.54) is 4.90 Å². The maximum atomic E-state index is 12.4. The number of hydrogen-bond donors (Lipinski definition) is 0. The molecule has 0 saturated heterocycles. The molecule has 5 heteroatoms. The fourth-order valence-corrected chi connectivity index (χ4v) is 2.78. The molecule has 1 aliphatic rings. The zero-order chi connectivity index (χ0) is 17.0. The van der Waals surface area contributed by atoms with Crippen LogP contribution in [0.3, 0.4) is 0 Å². The van der Waals surface area contributed by atoms with Crippen LogP contribution in [0.25, 0.3) is 0 Å². The number of unbranched alkanes of at least 4 members (excludes halogenated alkanes) is 1. The number of carbonyl (C=O) groups is 3. The van der Waals surface area contributed by atoms with Gasteiger partial charge >= 0.3 is 0 Å². The zero-order valence-electron chi connectivity index (χ0n) is 14.1. The lowest BCUT2D eigenvalue weighted by Gasteiger charge is -2.22. The van der Waals surface area contributed by atoms with Crippen LogP contribution in [0.4, 0.5) is 0 Å². The quantitative estimate of drug-likeness (QED) is 0.727. The minimum atomic E-state index is -0.297. The van der Waals surface area contributed by atoms with Crippen molar-refractivity contribution in [1.82, 2.24) is 9.80 Å². The third-order valence-corrected chi connectivity index (χ3v) is 4.19. The van der Waals surface area contributed by atoms with Crippen molar-refractivity contribution in [3.8, 4) is 0 Å². The average Bonchev–Trinajstić information content (AvgIpc) is 2.77. The fourth-order valence-electron chi connectivity index (χ4n) is 2.78. The van der Waals surface area contributed by atoms with Gasteiger partial charge < -0.3 is 4.90 Å². The SMILES string of the molecule is CCCCN(CC)C(=O)CCN1C(=O)c2ccc(C)cc2C1=O. The molecule has 0 saturated carbocycles. The molecule has 1 heterocycles. The molecular formula is C18H24N2O3. The summed E-state index contributed by atoms with van der Waals surface area (Å²) >= 11 is 0. The molecule has 0 unspecified atom stereocenters. The number of amides is 3. The van der Waals surface area contributed by atoms with Crippen LogP contribution in [-0.2, 0) is 4.79 Å². The smallest absolute Gasteiger partial charge is 0.261 e. The molecule has 5 nitrogen and oxygen atoms in total. The van der Waals surface area contributed by atoms with Crippen molar-refractivity contribution in [1.29, 1.82) is 0 Å². The summed E-state index contributed by atoms with van der Waals surface area (Å²) in [6.45, 7) is 7.44. The highest BCUT2D eigenvalue weighted by Crippen LogP contribution is 2.24. The summed E-state index contributed by atoms with van der Waals surface area (Å²) < 4.78 is 0. The third-order valence-electron chi connectivity index (χ3n) is 4.19. The van der Waals surface area contributed by atoms with Crippen LogP contribution in [-0.4, -0.2) is 47.2 Å². The lowest BCUT2D eigenvalue weighted by atomic mass is 10.1. The molecule has 124 valence electrons. The number of imide groups is 1. The fraction of sp³-hybridized carbons (Fsp3) is 0.500. The summed E-state index contributed by atoms with van der Waals surface area (Å²) in [5.74, 6) is -0.596. The van der Waals surface area contributed by atoms with E-state index in [0.29, 0.717) is 17.7 Å². The van der Waals surface area contributed by atoms with E-state index in [-0.39, 0.29) is 30.7 Å². The van der Waals surface area contributed by atoms with Crippen LogP contribution in [0.5, 0.6) is 0 Å². The Balaban J connectivity index is 2.00. The molecule has 0 radical (unpaired) electrons. The van der Waals surface area contributed by atoms with E-state index < -0.39 is 0 Å². The molecule has 1 aromatic rings. The van der Waals surface area contributed by atoms with Crippen LogP contribution in [0, 0.1) is 6.92 Å². The minimum absolute atomic E-state index is 0.00585. The van der Waals surface area contributed by atoms with Crippen molar-refractivity contribution in [2.75, 3.05) is 19.6 Å². The van der Waals surface area contributed by atoms with Crippen molar-refractivity contribution in [3.63, 3.8) is 0 Å². The van der Waals surface area contributed by atoms with Crippen LogP contribution in [0.1, 0.15) is 59.4 Å². The first-order valence-electron chi connectivity index (χ1n) is 8.24. The second-order valence-corrected chi connectivity index (χ2v) is 5.89. The Morgan fingerprint density at radius 1 is 1.13 bits per heavy atom. The van der Waals surface area contributed by atoms with Gasteiger partial charge in [-0.05, 0) is 32.4 Å². The predicted molar refractivity (Wildman–Crippen MR) is 88.3 cm³/mol. The molecule has 0 aromatic heterocycles. The Morgan fingerprint density at radius 3 is 2.48 bits per heavy atom. The van der Waals surface area contributed by atoms with E-state index in [1.807, 2.05) is 19.9 Å². The minimum Gasteiger partial charge on any atom is -0.343 e. The molecule has 1 aromatic carbocycles. The molecule has 0 spiro atoms.